The second kappa shape index (κ2) is 5.17. The lowest BCUT2D eigenvalue weighted by atomic mass is 9.90. The van der Waals surface area contributed by atoms with Crippen LogP contribution in [0.4, 0.5) is 0 Å². The summed E-state index contributed by atoms with van der Waals surface area (Å²) >= 11 is 0. The Morgan fingerprint density at radius 2 is 2.11 bits per heavy atom. The van der Waals surface area contributed by atoms with Gasteiger partial charge in [-0.3, -0.25) is 4.90 Å². The number of aromatic nitrogens is 2. The van der Waals surface area contributed by atoms with Crippen LogP contribution in [-0.4, -0.2) is 39.5 Å². The van der Waals surface area contributed by atoms with E-state index in [1.165, 1.54) is 19.3 Å². The number of nitrogens with one attached hydrogen (secondary N) is 1. The van der Waals surface area contributed by atoms with Crippen LogP contribution in [-0.2, 0) is 6.54 Å². The average molecular weight is 260 g/mol. The van der Waals surface area contributed by atoms with Crippen molar-refractivity contribution >= 4 is 0 Å². The van der Waals surface area contributed by atoms with Crippen LogP contribution < -0.4 is 5.32 Å². The zero-order valence-corrected chi connectivity index (χ0v) is 12.0. The lowest BCUT2D eigenvalue weighted by Gasteiger charge is -2.46. The molecule has 2 atom stereocenters. The monoisotopic (exact) mass is 260 g/mol. The van der Waals surface area contributed by atoms with E-state index in [0.29, 0.717) is 11.6 Å². The molecule has 3 rings (SSSR count). The van der Waals surface area contributed by atoms with Crippen LogP contribution in [0.15, 0.2) is 18.5 Å². The van der Waals surface area contributed by atoms with Crippen molar-refractivity contribution in [2.24, 2.45) is 5.92 Å². The maximum atomic E-state index is 4.38. The number of hydrogen-bond donors (Lipinski definition) is 1. The van der Waals surface area contributed by atoms with Gasteiger partial charge in [-0.2, -0.15) is 0 Å². The summed E-state index contributed by atoms with van der Waals surface area (Å²) in [6.45, 7) is 7.74. The Morgan fingerprint density at radius 3 is 2.74 bits per heavy atom. The predicted octanol–water partition coefficient (Wildman–Crippen LogP) is 1.83. The molecule has 1 aliphatic heterocycles. The van der Waals surface area contributed by atoms with Gasteiger partial charge in [-0.25, -0.2) is 9.97 Å². The minimum absolute atomic E-state index is 0.292. The first-order valence-electron chi connectivity index (χ1n) is 7.46. The third-order valence-corrected chi connectivity index (χ3v) is 4.70. The number of rotatable bonds is 4. The summed E-state index contributed by atoms with van der Waals surface area (Å²) in [7, 11) is 0. The van der Waals surface area contributed by atoms with Crippen LogP contribution in [0, 0.1) is 5.92 Å². The molecule has 1 saturated carbocycles. The van der Waals surface area contributed by atoms with E-state index in [4.69, 9.17) is 0 Å². The summed E-state index contributed by atoms with van der Waals surface area (Å²) in [5.41, 5.74) is 0.292. The van der Waals surface area contributed by atoms with Crippen LogP contribution in [0.3, 0.4) is 0 Å². The van der Waals surface area contributed by atoms with Gasteiger partial charge in [0.25, 0.3) is 0 Å². The fourth-order valence-electron chi connectivity index (χ4n) is 3.26. The van der Waals surface area contributed by atoms with Crippen molar-refractivity contribution in [2.75, 3.05) is 13.1 Å². The van der Waals surface area contributed by atoms with Crippen LogP contribution in [0.25, 0.3) is 0 Å². The molecular formula is C15H24N4. The summed E-state index contributed by atoms with van der Waals surface area (Å²) in [5.74, 6) is 1.81. The standard InChI is InChI=1S/C15H24N4/c1-3-13-9-18-15(2,12-5-6-12)11-19(13)10-14-16-7-4-8-17-14/h4,7-8,12-13,18H,3,5-6,9-11H2,1-2H3. The van der Waals surface area contributed by atoms with Crippen LogP contribution in [0.5, 0.6) is 0 Å². The topological polar surface area (TPSA) is 41.0 Å². The van der Waals surface area contributed by atoms with Gasteiger partial charge in [0.05, 0.1) is 6.54 Å². The van der Waals surface area contributed by atoms with E-state index in [9.17, 15) is 0 Å². The van der Waals surface area contributed by atoms with Crippen molar-refractivity contribution in [1.29, 1.82) is 0 Å². The molecule has 1 N–H and O–H groups in total. The Hall–Kier alpha value is -1.00. The molecule has 0 radical (unpaired) electrons. The number of hydrogen-bond acceptors (Lipinski definition) is 4. The SMILES string of the molecule is CCC1CNC(C)(C2CC2)CN1Cc1ncccn1. The van der Waals surface area contributed by atoms with E-state index in [1.807, 2.05) is 18.5 Å². The minimum atomic E-state index is 0.292. The first-order chi connectivity index (χ1) is 9.21. The van der Waals surface area contributed by atoms with Crippen molar-refractivity contribution in [3.8, 4) is 0 Å². The lowest BCUT2D eigenvalue weighted by molar-refractivity contribution is 0.0644. The van der Waals surface area contributed by atoms with Gasteiger partial charge in [-0.15, -0.1) is 0 Å². The zero-order valence-electron chi connectivity index (χ0n) is 12.0. The molecule has 2 fully saturated rings. The average Bonchev–Trinajstić information content (AvgIpc) is 3.25. The summed E-state index contributed by atoms with van der Waals surface area (Å²) in [6, 6.07) is 2.49. The van der Waals surface area contributed by atoms with E-state index in [-0.39, 0.29) is 0 Å². The van der Waals surface area contributed by atoms with Gasteiger partial charge in [-0.1, -0.05) is 6.92 Å². The maximum absolute atomic E-state index is 4.38. The van der Waals surface area contributed by atoms with Crippen molar-refractivity contribution in [2.45, 2.75) is 51.2 Å². The van der Waals surface area contributed by atoms with Gasteiger partial charge in [0.2, 0.25) is 0 Å². The first kappa shape index (κ1) is 13.0. The molecule has 2 heterocycles. The first-order valence-corrected chi connectivity index (χ1v) is 7.46. The highest BCUT2D eigenvalue weighted by atomic mass is 15.3. The van der Waals surface area contributed by atoms with Gasteiger partial charge in [0, 0.05) is 37.1 Å². The maximum Gasteiger partial charge on any atom is 0.142 e. The molecule has 0 aromatic carbocycles. The van der Waals surface area contributed by atoms with E-state index < -0.39 is 0 Å². The Morgan fingerprint density at radius 1 is 1.37 bits per heavy atom. The normalized spacial score (nSPS) is 32.4. The summed E-state index contributed by atoms with van der Waals surface area (Å²) in [5, 5.41) is 3.79. The highest BCUT2D eigenvalue weighted by Gasteiger charge is 2.45. The van der Waals surface area contributed by atoms with Crippen LogP contribution in [0.1, 0.15) is 38.9 Å². The van der Waals surface area contributed by atoms with E-state index >= 15 is 0 Å². The Labute approximate surface area is 115 Å². The smallest absolute Gasteiger partial charge is 0.142 e. The minimum Gasteiger partial charge on any atom is -0.308 e. The molecule has 4 heteroatoms. The number of piperazine rings is 1. The van der Waals surface area contributed by atoms with E-state index in [1.54, 1.807) is 0 Å². The van der Waals surface area contributed by atoms with Crippen molar-refractivity contribution in [1.82, 2.24) is 20.2 Å². The van der Waals surface area contributed by atoms with Crippen LogP contribution >= 0.6 is 0 Å². The second-order valence-corrected chi connectivity index (χ2v) is 6.20. The number of nitrogens with zero attached hydrogens (tertiary/aromatic N) is 3. The summed E-state index contributed by atoms with van der Waals surface area (Å²) in [4.78, 5) is 11.3. The molecule has 4 nitrogen and oxygen atoms in total. The molecular weight excluding hydrogens is 236 g/mol. The van der Waals surface area contributed by atoms with Crippen molar-refractivity contribution < 1.29 is 0 Å². The molecule has 1 aliphatic carbocycles. The fourth-order valence-corrected chi connectivity index (χ4v) is 3.26. The largest absolute Gasteiger partial charge is 0.308 e. The highest BCUT2D eigenvalue weighted by Crippen LogP contribution is 2.41. The molecule has 104 valence electrons. The highest BCUT2D eigenvalue weighted by molar-refractivity contribution is 5.04. The molecule has 1 saturated heterocycles. The van der Waals surface area contributed by atoms with Gasteiger partial charge >= 0.3 is 0 Å². The molecule has 0 amide bonds. The molecule has 0 spiro atoms. The zero-order chi connectivity index (χ0) is 13.3. The fraction of sp³-hybridized carbons (Fsp3) is 0.733. The Kier molecular flexibility index (Phi) is 3.54. The van der Waals surface area contributed by atoms with Gasteiger partial charge in [0.1, 0.15) is 5.82 Å². The molecule has 0 bridgehead atoms. The van der Waals surface area contributed by atoms with E-state index in [2.05, 4.69) is 34.0 Å². The molecule has 19 heavy (non-hydrogen) atoms. The predicted molar refractivity (Wildman–Crippen MR) is 75.7 cm³/mol. The van der Waals surface area contributed by atoms with E-state index in [0.717, 1.165) is 31.4 Å². The van der Waals surface area contributed by atoms with Gasteiger partial charge in [-0.05, 0) is 38.2 Å². The second-order valence-electron chi connectivity index (χ2n) is 6.20. The van der Waals surface area contributed by atoms with Crippen LogP contribution in [0.2, 0.25) is 0 Å². The third-order valence-electron chi connectivity index (χ3n) is 4.70. The van der Waals surface area contributed by atoms with Gasteiger partial charge in [0.15, 0.2) is 0 Å². The molecule has 2 aliphatic rings. The van der Waals surface area contributed by atoms with Gasteiger partial charge < -0.3 is 5.32 Å². The quantitative estimate of drug-likeness (QED) is 0.896. The molecule has 2 unspecified atom stereocenters. The molecule has 1 aromatic heterocycles. The summed E-state index contributed by atoms with van der Waals surface area (Å²) < 4.78 is 0. The van der Waals surface area contributed by atoms with Crippen molar-refractivity contribution in [3.05, 3.63) is 24.3 Å². The molecule has 1 aromatic rings. The summed E-state index contributed by atoms with van der Waals surface area (Å²) in [6.07, 6.45) is 7.63. The van der Waals surface area contributed by atoms with Crippen molar-refractivity contribution in [3.63, 3.8) is 0 Å². The Balaban J connectivity index is 1.72. The Bertz CT molecular complexity index is 417. The lowest BCUT2D eigenvalue weighted by Crippen LogP contribution is -2.63. The third kappa shape index (κ3) is 2.79.